The number of hydrogen-bond donors (Lipinski definition) is 0. The molecule has 0 spiro atoms. The third-order valence-corrected chi connectivity index (χ3v) is 5.11. The lowest BCUT2D eigenvalue weighted by atomic mass is 9.79. The van der Waals surface area contributed by atoms with Gasteiger partial charge in [-0.2, -0.15) is 0 Å². The van der Waals surface area contributed by atoms with E-state index in [1.54, 1.807) is 0 Å². The Morgan fingerprint density at radius 1 is 1.23 bits per heavy atom. The first-order chi connectivity index (χ1) is 10.7. The maximum atomic E-state index is 12.9. The number of carbonyl (C=O) groups is 1. The highest BCUT2D eigenvalue weighted by atomic mass is 16.2. The fourth-order valence-electron chi connectivity index (χ4n) is 3.80. The molecule has 0 saturated heterocycles. The van der Waals surface area contributed by atoms with Crippen LogP contribution in [0.5, 0.6) is 0 Å². The molecule has 1 aliphatic rings. The molecule has 3 rings (SSSR count). The Balaban J connectivity index is 1.73. The molecule has 2 aromatic rings. The van der Waals surface area contributed by atoms with Crippen molar-refractivity contribution in [2.24, 2.45) is 11.8 Å². The summed E-state index contributed by atoms with van der Waals surface area (Å²) < 4.78 is 1.84. The maximum Gasteiger partial charge on any atom is 0.235 e. The van der Waals surface area contributed by atoms with Crippen LogP contribution in [0.3, 0.4) is 0 Å². The molecule has 1 aliphatic carbocycles. The molecule has 0 unspecified atom stereocenters. The standard InChI is InChI=1S/C19H26N2O/c1-3-4-7-15-10-12-16(13-11-15)19(22)21-14(2)20-17-8-5-6-9-18(17)21/h5-6,8-9,15-16H,3-4,7,10-13H2,1-2H3. The predicted octanol–water partition coefficient (Wildman–Crippen LogP) is 4.98. The molecule has 0 bridgehead atoms. The molecule has 3 nitrogen and oxygen atoms in total. The quantitative estimate of drug-likeness (QED) is 0.797. The van der Waals surface area contributed by atoms with Crippen molar-refractivity contribution < 1.29 is 4.79 Å². The normalized spacial score (nSPS) is 22.1. The lowest BCUT2D eigenvalue weighted by Gasteiger charge is -2.28. The molecule has 118 valence electrons. The molecule has 1 fully saturated rings. The molecule has 0 atom stereocenters. The Hall–Kier alpha value is -1.64. The van der Waals surface area contributed by atoms with Crippen molar-refractivity contribution >= 4 is 16.9 Å². The number of rotatable bonds is 4. The number of aromatic nitrogens is 2. The minimum absolute atomic E-state index is 0.175. The fourth-order valence-corrected chi connectivity index (χ4v) is 3.80. The van der Waals surface area contributed by atoms with Gasteiger partial charge in [0, 0.05) is 5.92 Å². The van der Waals surface area contributed by atoms with Crippen LogP contribution in [0, 0.1) is 18.8 Å². The Kier molecular flexibility index (Phi) is 4.60. The van der Waals surface area contributed by atoms with Gasteiger partial charge in [-0.1, -0.05) is 38.3 Å². The number of imidazole rings is 1. The smallest absolute Gasteiger partial charge is 0.235 e. The predicted molar refractivity (Wildman–Crippen MR) is 90.1 cm³/mol. The number of para-hydroxylation sites is 2. The summed E-state index contributed by atoms with van der Waals surface area (Å²) in [4.78, 5) is 17.5. The molecule has 1 saturated carbocycles. The average Bonchev–Trinajstić information content (AvgIpc) is 2.88. The van der Waals surface area contributed by atoms with E-state index in [0.717, 1.165) is 35.6 Å². The molecule has 0 N–H and O–H groups in total. The Bertz CT molecular complexity index is 650. The second kappa shape index (κ2) is 6.64. The van der Waals surface area contributed by atoms with E-state index < -0.39 is 0 Å². The first-order valence-electron chi connectivity index (χ1n) is 8.69. The number of benzene rings is 1. The van der Waals surface area contributed by atoms with Crippen molar-refractivity contribution in [3.8, 4) is 0 Å². The Morgan fingerprint density at radius 2 is 1.95 bits per heavy atom. The largest absolute Gasteiger partial charge is 0.274 e. The molecule has 3 heteroatoms. The van der Waals surface area contributed by atoms with E-state index >= 15 is 0 Å². The molecule has 1 aromatic carbocycles. The van der Waals surface area contributed by atoms with Gasteiger partial charge in [-0.15, -0.1) is 0 Å². The second-order valence-corrected chi connectivity index (χ2v) is 6.68. The van der Waals surface area contributed by atoms with Crippen LogP contribution in [0.25, 0.3) is 11.0 Å². The lowest BCUT2D eigenvalue weighted by Crippen LogP contribution is -2.27. The summed E-state index contributed by atoms with van der Waals surface area (Å²) >= 11 is 0. The molecule has 1 heterocycles. The van der Waals surface area contributed by atoms with E-state index in [1.807, 2.05) is 35.8 Å². The Morgan fingerprint density at radius 3 is 2.68 bits per heavy atom. The second-order valence-electron chi connectivity index (χ2n) is 6.68. The van der Waals surface area contributed by atoms with Crippen molar-refractivity contribution in [3.63, 3.8) is 0 Å². The summed E-state index contributed by atoms with van der Waals surface area (Å²) in [6, 6.07) is 7.94. The van der Waals surface area contributed by atoms with E-state index in [0.29, 0.717) is 0 Å². The molecule has 0 amide bonds. The zero-order chi connectivity index (χ0) is 15.5. The lowest BCUT2D eigenvalue weighted by molar-refractivity contribution is 0.0784. The summed E-state index contributed by atoms with van der Waals surface area (Å²) in [5.41, 5.74) is 1.88. The van der Waals surface area contributed by atoms with Gasteiger partial charge in [-0.05, 0) is 50.7 Å². The summed E-state index contributed by atoms with van der Waals surface area (Å²) in [6.07, 6.45) is 8.45. The highest BCUT2D eigenvalue weighted by Gasteiger charge is 2.28. The van der Waals surface area contributed by atoms with Gasteiger partial charge in [-0.3, -0.25) is 9.36 Å². The van der Waals surface area contributed by atoms with Gasteiger partial charge >= 0.3 is 0 Å². The van der Waals surface area contributed by atoms with Crippen LogP contribution in [0.4, 0.5) is 0 Å². The monoisotopic (exact) mass is 298 g/mol. The van der Waals surface area contributed by atoms with Crippen molar-refractivity contribution in [3.05, 3.63) is 30.1 Å². The first-order valence-corrected chi connectivity index (χ1v) is 8.69. The van der Waals surface area contributed by atoms with Crippen molar-refractivity contribution in [2.45, 2.75) is 58.8 Å². The average molecular weight is 298 g/mol. The van der Waals surface area contributed by atoms with Crippen LogP contribution in [-0.2, 0) is 0 Å². The van der Waals surface area contributed by atoms with Gasteiger partial charge in [-0.25, -0.2) is 4.98 Å². The van der Waals surface area contributed by atoms with Crippen LogP contribution in [0.2, 0.25) is 0 Å². The molecule has 0 aliphatic heterocycles. The van der Waals surface area contributed by atoms with Crippen LogP contribution < -0.4 is 0 Å². The summed E-state index contributed by atoms with van der Waals surface area (Å²) in [6.45, 7) is 4.19. The molecular weight excluding hydrogens is 272 g/mol. The van der Waals surface area contributed by atoms with Crippen LogP contribution >= 0.6 is 0 Å². The van der Waals surface area contributed by atoms with E-state index in [-0.39, 0.29) is 11.8 Å². The van der Waals surface area contributed by atoms with Gasteiger partial charge in [0.05, 0.1) is 11.0 Å². The third kappa shape index (κ3) is 2.94. The van der Waals surface area contributed by atoms with Crippen LogP contribution in [-0.4, -0.2) is 15.5 Å². The van der Waals surface area contributed by atoms with Crippen LogP contribution in [0.15, 0.2) is 24.3 Å². The summed E-state index contributed by atoms with van der Waals surface area (Å²) in [7, 11) is 0. The Labute approximate surface area is 132 Å². The number of carbonyl (C=O) groups excluding carboxylic acids is 1. The molecule has 0 radical (unpaired) electrons. The summed E-state index contributed by atoms with van der Waals surface area (Å²) in [5, 5.41) is 0. The summed E-state index contributed by atoms with van der Waals surface area (Å²) in [5.74, 6) is 2.08. The van der Waals surface area contributed by atoms with E-state index in [4.69, 9.17) is 0 Å². The number of hydrogen-bond acceptors (Lipinski definition) is 2. The van der Waals surface area contributed by atoms with Gasteiger partial charge in [0.2, 0.25) is 5.91 Å². The number of nitrogens with zero attached hydrogens (tertiary/aromatic N) is 2. The van der Waals surface area contributed by atoms with Gasteiger partial charge < -0.3 is 0 Å². The first kappa shape index (κ1) is 15.3. The third-order valence-electron chi connectivity index (χ3n) is 5.11. The van der Waals surface area contributed by atoms with Gasteiger partial charge in [0.15, 0.2) is 0 Å². The zero-order valence-electron chi connectivity index (χ0n) is 13.7. The van der Waals surface area contributed by atoms with Crippen LogP contribution in [0.1, 0.15) is 62.5 Å². The molecular formula is C19H26N2O. The highest BCUT2D eigenvalue weighted by molar-refractivity contribution is 5.92. The SMILES string of the molecule is CCCCC1CCC(C(=O)n2c(C)nc3ccccc32)CC1. The van der Waals surface area contributed by atoms with Gasteiger partial charge in [0.25, 0.3) is 0 Å². The highest BCUT2D eigenvalue weighted by Crippen LogP contribution is 2.33. The minimum atomic E-state index is 0.175. The van der Waals surface area contributed by atoms with E-state index in [2.05, 4.69) is 11.9 Å². The molecule has 1 aromatic heterocycles. The zero-order valence-corrected chi connectivity index (χ0v) is 13.7. The van der Waals surface area contributed by atoms with E-state index in [1.165, 1.54) is 32.1 Å². The van der Waals surface area contributed by atoms with Crippen molar-refractivity contribution in [2.75, 3.05) is 0 Å². The van der Waals surface area contributed by atoms with E-state index in [9.17, 15) is 4.79 Å². The maximum absolute atomic E-state index is 12.9. The number of unbranched alkanes of at least 4 members (excludes halogenated alkanes) is 1. The van der Waals surface area contributed by atoms with Crippen molar-refractivity contribution in [1.82, 2.24) is 9.55 Å². The molecule has 22 heavy (non-hydrogen) atoms. The van der Waals surface area contributed by atoms with Gasteiger partial charge in [0.1, 0.15) is 5.82 Å². The minimum Gasteiger partial charge on any atom is -0.274 e. The fraction of sp³-hybridized carbons (Fsp3) is 0.579. The van der Waals surface area contributed by atoms with Crippen molar-refractivity contribution in [1.29, 1.82) is 0 Å². The topological polar surface area (TPSA) is 34.9 Å². The number of aryl methyl sites for hydroxylation is 1. The number of fused-ring (bicyclic) bond motifs is 1.